The number of carboxylic acids is 1. The van der Waals surface area contributed by atoms with Crippen molar-refractivity contribution in [2.45, 2.75) is 26.2 Å². The van der Waals surface area contributed by atoms with E-state index in [4.69, 9.17) is 5.11 Å². The number of carbonyl (C=O) groups excluding carboxylic acids is 1. The Bertz CT molecular complexity index is 1370. The summed E-state index contributed by atoms with van der Waals surface area (Å²) in [7, 11) is 1.72. The Morgan fingerprint density at radius 1 is 1.18 bits per heavy atom. The lowest BCUT2D eigenvalue weighted by atomic mass is 10.0. The highest BCUT2D eigenvalue weighted by Gasteiger charge is 2.23. The predicted molar refractivity (Wildman–Crippen MR) is 124 cm³/mol. The largest absolute Gasteiger partial charge is 0.504 e. The number of carboxylic acid groups (broad SMARTS) is 1. The van der Waals surface area contributed by atoms with Gasteiger partial charge in [-0.05, 0) is 55.5 Å². The minimum absolute atomic E-state index is 0.0303. The van der Waals surface area contributed by atoms with E-state index in [1.54, 1.807) is 18.7 Å². The number of carbonyl (C=O) groups is 2. The zero-order valence-corrected chi connectivity index (χ0v) is 18.6. The van der Waals surface area contributed by atoms with Gasteiger partial charge in [0.15, 0.2) is 11.5 Å². The molecule has 4 rings (SSSR count). The van der Waals surface area contributed by atoms with Gasteiger partial charge in [-0.1, -0.05) is 12.1 Å². The highest BCUT2D eigenvalue weighted by Crippen LogP contribution is 2.35. The molecule has 0 radical (unpaired) electrons. The van der Waals surface area contributed by atoms with Crippen LogP contribution in [-0.4, -0.2) is 48.9 Å². The van der Waals surface area contributed by atoms with Crippen molar-refractivity contribution >= 4 is 23.2 Å². The number of aromatic carboxylic acids is 1. The number of benzene rings is 2. The van der Waals surface area contributed by atoms with Crippen molar-refractivity contribution in [1.82, 2.24) is 9.78 Å². The summed E-state index contributed by atoms with van der Waals surface area (Å²) in [5.41, 5.74) is 3.33. The van der Waals surface area contributed by atoms with Crippen LogP contribution in [-0.2, 0) is 19.9 Å². The lowest BCUT2D eigenvalue weighted by Gasteiger charge is -2.06. The van der Waals surface area contributed by atoms with Crippen molar-refractivity contribution in [3.8, 4) is 17.0 Å². The average Bonchev–Trinajstić information content (AvgIpc) is 3.39. The van der Waals surface area contributed by atoms with Crippen molar-refractivity contribution in [2.75, 3.05) is 6.54 Å². The maximum atomic E-state index is 12.6. The molecule has 0 saturated heterocycles. The summed E-state index contributed by atoms with van der Waals surface area (Å²) in [6.45, 7) is 1.26. The molecule has 0 bridgehead atoms. The number of aryl methyl sites for hydroxylation is 3. The molecule has 34 heavy (non-hydrogen) atoms. The Balaban J connectivity index is 1.58. The molecule has 1 aliphatic rings. The van der Waals surface area contributed by atoms with Gasteiger partial charge in [-0.25, -0.2) is 4.79 Å². The van der Waals surface area contributed by atoms with Gasteiger partial charge in [-0.2, -0.15) is 5.10 Å². The number of aromatic hydroxyl groups is 1. The number of hydrogen-bond acceptors (Lipinski definition) is 7. The molecular formula is C24H22N4O6. The third-order valence-electron chi connectivity index (χ3n) is 5.94. The first-order chi connectivity index (χ1) is 16.2. The van der Waals surface area contributed by atoms with Gasteiger partial charge in [0.05, 0.1) is 10.6 Å². The molecule has 0 saturated carbocycles. The Morgan fingerprint density at radius 2 is 1.91 bits per heavy atom. The summed E-state index contributed by atoms with van der Waals surface area (Å²) in [6, 6.07) is 9.26. The highest BCUT2D eigenvalue weighted by molar-refractivity contribution is 6.05. The summed E-state index contributed by atoms with van der Waals surface area (Å²) in [5, 5.41) is 35.5. The van der Waals surface area contributed by atoms with E-state index in [9.17, 15) is 24.8 Å². The molecule has 1 aromatic heterocycles. The second kappa shape index (κ2) is 8.89. The Labute approximate surface area is 194 Å². The van der Waals surface area contributed by atoms with E-state index in [2.05, 4.69) is 22.2 Å². The third kappa shape index (κ3) is 4.17. The maximum Gasteiger partial charge on any atom is 0.342 e. The number of ketones is 1. The lowest BCUT2D eigenvalue weighted by molar-refractivity contribution is -0.385. The smallest absolute Gasteiger partial charge is 0.342 e. The molecule has 0 amide bonds. The fraction of sp³-hybridized carbons (Fsp3) is 0.250. The Hall–Kier alpha value is -4.34. The molecule has 2 aromatic carbocycles. The standard InChI is InChI=1S/C24H22N4O6/c1-13(25-12-20(29)16-8-9-18(24(31)32)19(11-16)28(33)34)21-23(30)22(27(2)26-21)17-7-6-14-4-3-5-15(14)10-17/h6-11,30H,3-5,12H2,1-2H3,(H,31,32). The van der Waals surface area contributed by atoms with Crippen LogP contribution in [0.2, 0.25) is 0 Å². The van der Waals surface area contributed by atoms with Crippen LogP contribution in [0.4, 0.5) is 5.69 Å². The Morgan fingerprint density at radius 3 is 2.62 bits per heavy atom. The van der Waals surface area contributed by atoms with E-state index in [0.717, 1.165) is 37.0 Å². The number of Topliss-reactive ketones (excluding diaryl/α,β-unsaturated/α-hetero) is 1. The molecule has 174 valence electrons. The SMILES string of the molecule is CC(=NCC(=O)c1ccc(C(=O)O)c([N+](=O)[O-])c1)c1nn(C)c(-c2ccc3c(c2)CCC3)c1O. The van der Waals surface area contributed by atoms with Crippen LogP contribution in [0.3, 0.4) is 0 Å². The van der Waals surface area contributed by atoms with Crippen LogP contribution in [0.5, 0.6) is 5.75 Å². The van der Waals surface area contributed by atoms with E-state index in [1.165, 1.54) is 17.2 Å². The summed E-state index contributed by atoms with van der Waals surface area (Å²) in [6.07, 6.45) is 3.17. The number of fused-ring (bicyclic) bond motifs is 1. The summed E-state index contributed by atoms with van der Waals surface area (Å²) in [5.74, 6) is -2.03. The van der Waals surface area contributed by atoms with Gasteiger partial charge in [0, 0.05) is 24.2 Å². The second-order valence-corrected chi connectivity index (χ2v) is 8.13. The summed E-state index contributed by atoms with van der Waals surface area (Å²) in [4.78, 5) is 38.2. The number of nitro benzene ring substituents is 1. The minimum Gasteiger partial charge on any atom is -0.504 e. The van der Waals surface area contributed by atoms with Crippen molar-refractivity contribution in [1.29, 1.82) is 0 Å². The van der Waals surface area contributed by atoms with Crippen LogP contribution < -0.4 is 0 Å². The van der Waals surface area contributed by atoms with Crippen molar-refractivity contribution in [3.63, 3.8) is 0 Å². The fourth-order valence-electron chi connectivity index (χ4n) is 4.19. The van der Waals surface area contributed by atoms with E-state index in [1.807, 2.05) is 6.07 Å². The number of nitro groups is 1. The van der Waals surface area contributed by atoms with Crippen LogP contribution in [0.15, 0.2) is 41.4 Å². The lowest BCUT2D eigenvalue weighted by Crippen LogP contribution is -2.09. The van der Waals surface area contributed by atoms with Gasteiger partial charge >= 0.3 is 5.97 Å². The summed E-state index contributed by atoms with van der Waals surface area (Å²) < 4.78 is 1.57. The van der Waals surface area contributed by atoms with Crippen LogP contribution in [0.25, 0.3) is 11.3 Å². The quantitative estimate of drug-likeness (QED) is 0.236. The van der Waals surface area contributed by atoms with Gasteiger partial charge in [0.25, 0.3) is 5.69 Å². The topological polar surface area (TPSA) is 148 Å². The van der Waals surface area contributed by atoms with Crippen molar-refractivity contribution < 1.29 is 24.7 Å². The molecule has 0 atom stereocenters. The van der Waals surface area contributed by atoms with Gasteiger partial charge in [0.2, 0.25) is 0 Å². The zero-order chi connectivity index (χ0) is 24.6. The van der Waals surface area contributed by atoms with E-state index in [-0.39, 0.29) is 23.6 Å². The monoisotopic (exact) mass is 462 g/mol. The van der Waals surface area contributed by atoms with Crippen LogP contribution in [0, 0.1) is 10.1 Å². The van der Waals surface area contributed by atoms with Crippen LogP contribution in [0.1, 0.15) is 50.9 Å². The zero-order valence-electron chi connectivity index (χ0n) is 18.6. The fourth-order valence-corrected chi connectivity index (χ4v) is 4.19. The van der Waals surface area contributed by atoms with E-state index in [0.29, 0.717) is 11.4 Å². The molecule has 10 heteroatoms. The van der Waals surface area contributed by atoms with Crippen LogP contribution >= 0.6 is 0 Å². The second-order valence-electron chi connectivity index (χ2n) is 8.13. The van der Waals surface area contributed by atoms with Crippen molar-refractivity contribution in [3.05, 3.63) is 74.5 Å². The number of nitrogens with zero attached hydrogens (tertiary/aromatic N) is 4. The van der Waals surface area contributed by atoms with Gasteiger partial charge in [0.1, 0.15) is 23.5 Å². The van der Waals surface area contributed by atoms with E-state index >= 15 is 0 Å². The highest BCUT2D eigenvalue weighted by atomic mass is 16.6. The summed E-state index contributed by atoms with van der Waals surface area (Å²) >= 11 is 0. The average molecular weight is 462 g/mol. The maximum absolute atomic E-state index is 12.6. The minimum atomic E-state index is -1.45. The molecule has 1 heterocycles. The molecule has 3 aromatic rings. The van der Waals surface area contributed by atoms with Crippen molar-refractivity contribution in [2.24, 2.45) is 12.0 Å². The Kier molecular flexibility index (Phi) is 5.97. The molecular weight excluding hydrogens is 440 g/mol. The van der Waals surface area contributed by atoms with Gasteiger partial charge < -0.3 is 10.2 Å². The first kappa shape index (κ1) is 22.8. The number of rotatable bonds is 7. The third-order valence-corrected chi connectivity index (χ3v) is 5.94. The molecule has 0 fully saturated rings. The predicted octanol–water partition coefficient (Wildman–Crippen LogP) is 3.58. The van der Waals surface area contributed by atoms with Gasteiger partial charge in [-0.15, -0.1) is 0 Å². The molecule has 10 nitrogen and oxygen atoms in total. The number of aliphatic imine (C=N–C) groups is 1. The molecule has 0 unspecified atom stereocenters. The number of aromatic nitrogens is 2. The molecule has 1 aliphatic carbocycles. The molecule has 2 N–H and O–H groups in total. The normalized spacial score (nSPS) is 13.1. The van der Waals surface area contributed by atoms with E-state index < -0.39 is 27.9 Å². The first-order valence-corrected chi connectivity index (χ1v) is 10.6. The first-order valence-electron chi connectivity index (χ1n) is 10.6. The van der Waals surface area contributed by atoms with Gasteiger partial charge in [-0.3, -0.25) is 24.6 Å². The molecule has 0 aliphatic heterocycles. The molecule has 0 spiro atoms. The number of hydrogen-bond donors (Lipinski definition) is 2.